The van der Waals surface area contributed by atoms with Crippen molar-refractivity contribution in [1.82, 2.24) is 14.8 Å². The Balaban J connectivity index is 2.02. The molecule has 0 amide bonds. The van der Waals surface area contributed by atoms with Crippen LogP contribution in [0.3, 0.4) is 0 Å². The molecule has 0 unspecified atom stereocenters. The van der Waals surface area contributed by atoms with Gasteiger partial charge in [0.1, 0.15) is 5.82 Å². The summed E-state index contributed by atoms with van der Waals surface area (Å²) in [5, 5.41) is 9.37. The number of nitrogens with zero attached hydrogens (tertiary/aromatic N) is 3. The fourth-order valence-electron chi connectivity index (χ4n) is 1.56. The molecule has 2 N–H and O–H groups in total. The number of allylic oxidation sites excluding steroid dienone is 1. The first-order valence-corrected chi connectivity index (χ1v) is 6.62. The zero-order chi connectivity index (χ0) is 11.5. The van der Waals surface area contributed by atoms with Crippen molar-refractivity contribution >= 4 is 11.8 Å². The summed E-state index contributed by atoms with van der Waals surface area (Å²) in [5.41, 5.74) is 6.87. The van der Waals surface area contributed by atoms with Crippen LogP contribution in [0.4, 0.5) is 0 Å². The SMILES string of the molecule is C=C(C)CCSc1nnc(CN)n1C1CC1. The first-order chi connectivity index (χ1) is 7.72. The third-order valence-electron chi connectivity index (χ3n) is 2.59. The van der Waals surface area contributed by atoms with E-state index in [1.165, 1.54) is 18.4 Å². The van der Waals surface area contributed by atoms with E-state index in [9.17, 15) is 0 Å². The number of aromatic nitrogens is 3. The van der Waals surface area contributed by atoms with Crippen LogP contribution in [0.25, 0.3) is 0 Å². The minimum absolute atomic E-state index is 0.477. The number of thioether (sulfide) groups is 1. The Morgan fingerprint density at radius 2 is 2.31 bits per heavy atom. The maximum atomic E-state index is 5.66. The van der Waals surface area contributed by atoms with E-state index in [1.807, 2.05) is 0 Å². The van der Waals surface area contributed by atoms with Crippen LogP contribution in [0.1, 0.15) is 38.1 Å². The molecule has 0 bridgehead atoms. The fraction of sp³-hybridized carbons (Fsp3) is 0.636. The van der Waals surface area contributed by atoms with E-state index in [0.29, 0.717) is 12.6 Å². The van der Waals surface area contributed by atoms with Crippen molar-refractivity contribution in [2.75, 3.05) is 5.75 Å². The van der Waals surface area contributed by atoms with Gasteiger partial charge in [0.25, 0.3) is 0 Å². The normalized spacial score (nSPS) is 15.4. The molecule has 0 saturated heterocycles. The molecule has 88 valence electrons. The summed E-state index contributed by atoms with van der Waals surface area (Å²) in [6, 6.07) is 0.598. The Morgan fingerprint density at radius 3 is 2.88 bits per heavy atom. The molecule has 0 aliphatic heterocycles. The summed E-state index contributed by atoms with van der Waals surface area (Å²) in [5.74, 6) is 1.94. The monoisotopic (exact) mass is 238 g/mol. The van der Waals surface area contributed by atoms with Crippen LogP contribution < -0.4 is 5.73 Å². The molecule has 2 rings (SSSR count). The van der Waals surface area contributed by atoms with Crippen molar-refractivity contribution in [3.63, 3.8) is 0 Å². The second-order valence-electron chi connectivity index (χ2n) is 4.26. The highest BCUT2D eigenvalue weighted by Crippen LogP contribution is 2.38. The zero-order valence-corrected chi connectivity index (χ0v) is 10.5. The van der Waals surface area contributed by atoms with E-state index in [-0.39, 0.29) is 0 Å². The van der Waals surface area contributed by atoms with Gasteiger partial charge in [-0.15, -0.1) is 16.8 Å². The van der Waals surface area contributed by atoms with Crippen molar-refractivity contribution in [2.24, 2.45) is 5.73 Å². The summed E-state index contributed by atoms with van der Waals surface area (Å²) in [6.07, 6.45) is 3.50. The standard InChI is InChI=1S/C11H18N4S/c1-8(2)5-6-16-11-14-13-10(7-12)15(11)9-3-4-9/h9H,1,3-7,12H2,2H3. The quantitative estimate of drug-likeness (QED) is 0.609. The third-order valence-corrected chi connectivity index (χ3v) is 3.53. The number of hydrogen-bond acceptors (Lipinski definition) is 4. The van der Waals surface area contributed by atoms with Crippen LogP contribution in [-0.2, 0) is 6.54 Å². The average Bonchev–Trinajstić information content (AvgIpc) is 3.00. The lowest BCUT2D eigenvalue weighted by Gasteiger charge is -2.07. The maximum Gasteiger partial charge on any atom is 0.191 e. The van der Waals surface area contributed by atoms with Gasteiger partial charge >= 0.3 is 0 Å². The lowest BCUT2D eigenvalue weighted by Crippen LogP contribution is -2.08. The van der Waals surface area contributed by atoms with E-state index < -0.39 is 0 Å². The van der Waals surface area contributed by atoms with Gasteiger partial charge in [-0.2, -0.15) is 0 Å². The third kappa shape index (κ3) is 2.65. The van der Waals surface area contributed by atoms with Crippen molar-refractivity contribution in [3.05, 3.63) is 18.0 Å². The molecule has 0 spiro atoms. The van der Waals surface area contributed by atoms with Gasteiger partial charge in [-0.25, -0.2) is 0 Å². The molecular weight excluding hydrogens is 220 g/mol. The van der Waals surface area contributed by atoms with Crippen molar-refractivity contribution < 1.29 is 0 Å². The molecule has 1 saturated carbocycles. The van der Waals surface area contributed by atoms with Gasteiger partial charge in [-0.3, -0.25) is 0 Å². The molecule has 4 nitrogen and oxygen atoms in total. The van der Waals surface area contributed by atoms with E-state index in [2.05, 4.69) is 28.3 Å². The number of nitrogens with two attached hydrogens (primary N) is 1. The highest BCUT2D eigenvalue weighted by atomic mass is 32.2. The Labute approximate surface area is 100 Å². The largest absolute Gasteiger partial charge is 0.324 e. The van der Waals surface area contributed by atoms with Crippen LogP contribution in [0.2, 0.25) is 0 Å². The topological polar surface area (TPSA) is 56.7 Å². The molecule has 1 aliphatic carbocycles. The van der Waals surface area contributed by atoms with E-state index >= 15 is 0 Å². The van der Waals surface area contributed by atoms with E-state index in [1.54, 1.807) is 11.8 Å². The Hall–Kier alpha value is -0.810. The van der Waals surface area contributed by atoms with Gasteiger partial charge in [-0.1, -0.05) is 17.3 Å². The van der Waals surface area contributed by atoms with Gasteiger partial charge in [-0.05, 0) is 26.2 Å². The minimum Gasteiger partial charge on any atom is -0.324 e. The van der Waals surface area contributed by atoms with Gasteiger partial charge in [0, 0.05) is 11.8 Å². The Bertz CT molecular complexity index is 381. The van der Waals surface area contributed by atoms with Gasteiger partial charge in [0.2, 0.25) is 0 Å². The van der Waals surface area contributed by atoms with Crippen LogP contribution in [0, 0.1) is 0 Å². The van der Waals surface area contributed by atoms with Gasteiger partial charge in [0.05, 0.1) is 6.54 Å². The van der Waals surface area contributed by atoms with Crippen molar-refractivity contribution in [1.29, 1.82) is 0 Å². The first kappa shape index (κ1) is 11.7. The smallest absolute Gasteiger partial charge is 0.191 e. The molecule has 1 aromatic rings. The van der Waals surface area contributed by atoms with E-state index in [4.69, 9.17) is 5.73 Å². The Morgan fingerprint density at radius 1 is 1.56 bits per heavy atom. The average molecular weight is 238 g/mol. The maximum absolute atomic E-state index is 5.66. The zero-order valence-electron chi connectivity index (χ0n) is 9.65. The molecule has 1 fully saturated rings. The van der Waals surface area contributed by atoms with Crippen LogP contribution in [-0.4, -0.2) is 20.5 Å². The van der Waals surface area contributed by atoms with Crippen LogP contribution >= 0.6 is 11.8 Å². The molecule has 0 aromatic carbocycles. The van der Waals surface area contributed by atoms with Crippen molar-refractivity contribution in [2.45, 2.75) is 43.9 Å². The number of rotatable bonds is 6. The highest BCUT2D eigenvalue weighted by molar-refractivity contribution is 7.99. The second-order valence-corrected chi connectivity index (χ2v) is 5.32. The lowest BCUT2D eigenvalue weighted by atomic mass is 10.3. The molecule has 16 heavy (non-hydrogen) atoms. The summed E-state index contributed by atoms with van der Waals surface area (Å²) in [6.45, 7) is 6.43. The Kier molecular flexibility index (Phi) is 3.66. The lowest BCUT2D eigenvalue weighted by molar-refractivity contribution is 0.626. The molecular formula is C11H18N4S. The highest BCUT2D eigenvalue weighted by Gasteiger charge is 2.28. The summed E-state index contributed by atoms with van der Waals surface area (Å²) in [4.78, 5) is 0. The predicted octanol–water partition coefficient (Wildman–Crippen LogP) is 2.13. The summed E-state index contributed by atoms with van der Waals surface area (Å²) < 4.78 is 2.21. The van der Waals surface area contributed by atoms with Gasteiger partial charge < -0.3 is 10.3 Å². The second kappa shape index (κ2) is 5.01. The summed E-state index contributed by atoms with van der Waals surface area (Å²) in [7, 11) is 0. The van der Waals surface area contributed by atoms with Crippen LogP contribution in [0.5, 0.6) is 0 Å². The molecule has 5 heteroatoms. The molecule has 0 atom stereocenters. The molecule has 1 heterocycles. The minimum atomic E-state index is 0.477. The van der Waals surface area contributed by atoms with Crippen molar-refractivity contribution in [3.8, 4) is 0 Å². The number of hydrogen-bond donors (Lipinski definition) is 1. The van der Waals surface area contributed by atoms with E-state index in [0.717, 1.165) is 23.2 Å². The summed E-state index contributed by atoms with van der Waals surface area (Å²) >= 11 is 1.75. The fourth-order valence-corrected chi connectivity index (χ4v) is 2.69. The molecule has 1 aromatic heterocycles. The first-order valence-electron chi connectivity index (χ1n) is 5.63. The van der Waals surface area contributed by atoms with Gasteiger partial charge in [0.15, 0.2) is 5.16 Å². The molecule has 1 aliphatic rings. The molecule has 0 radical (unpaired) electrons. The predicted molar refractivity (Wildman–Crippen MR) is 66.3 cm³/mol. The van der Waals surface area contributed by atoms with Crippen LogP contribution in [0.15, 0.2) is 17.3 Å².